The van der Waals surface area contributed by atoms with Crippen LogP contribution in [0.3, 0.4) is 0 Å². The number of hydrogen-bond donors (Lipinski definition) is 1. The third kappa shape index (κ3) is 3.21. The summed E-state index contributed by atoms with van der Waals surface area (Å²) in [5.74, 6) is 1.55. The first-order valence-electron chi connectivity index (χ1n) is 10.1. The summed E-state index contributed by atoms with van der Waals surface area (Å²) in [5, 5.41) is 10.8. The number of aromatic hydroxyl groups is 1. The molecule has 0 spiro atoms. The van der Waals surface area contributed by atoms with Gasteiger partial charge in [-0.2, -0.15) is 0 Å². The zero-order valence-electron chi connectivity index (χ0n) is 17.6. The zero-order valence-corrected chi connectivity index (χ0v) is 17.6. The van der Waals surface area contributed by atoms with Gasteiger partial charge in [0.1, 0.15) is 11.5 Å². The molecule has 1 aromatic carbocycles. The summed E-state index contributed by atoms with van der Waals surface area (Å²) in [6.07, 6.45) is 5.32. The molecule has 1 aromatic rings. The summed E-state index contributed by atoms with van der Waals surface area (Å²) in [5.41, 5.74) is 0.721. The Morgan fingerprint density at radius 1 is 1.04 bits per heavy atom. The number of methoxy groups -OCH3 is 2. The van der Waals surface area contributed by atoms with Crippen LogP contribution in [-0.4, -0.2) is 25.1 Å². The van der Waals surface area contributed by atoms with E-state index in [1.807, 2.05) is 13.0 Å². The van der Waals surface area contributed by atoms with Gasteiger partial charge in [0.05, 0.1) is 20.1 Å². The molecular formula is C23H34O4. The molecule has 1 N–H and O–H groups in total. The van der Waals surface area contributed by atoms with Gasteiger partial charge in [-0.1, -0.05) is 34.1 Å². The van der Waals surface area contributed by atoms with E-state index in [0.717, 1.165) is 25.7 Å². The quantitative estimate of drug-likeness (QED) is 0.777. The lowest BCUT2D eigenvalue weighted by Gasteiger charge is -2.53. The van der Waals surface area contributed by atoms with Crippen molar-refractivity contribution in [2.75, 3.05) is 14.2 Å². The Hall–Kier alpha value is -1.71. The van der Waals surface area contributed by atoms with Crippen LogP contribution < -0.4 is 9.47 Å². The normalized spacial score (nSPS) is 33.1. The van der Waals surface area contributed by atoms with Crippen LogP contribution in [-0.2, 0) is 4.79 Å². The molecule has 4 nitrogen and oxygen atoms in total. The Morgan fingerprint density at radius 3 is 2.30 bits per heavy atom. The molecule has 2 aliphatic rings. The lowest BCUT2D eigenvalue weighted by Crippen LogP contribution is -2.46. The summed E-state index contributed by atoms with van der Waals surface area (Å²) < 4.78 is 10.8. The van der Waals surface area contributed by atoms with Gasteiger partial charge in [0, 0.05) is 17.5 Å². The Kier molecular flexibility index (Phi) is 5.22. The van der Waals surface area contributed by atoms with Crippen LogP contribution in [0.1, 0.15) is 71.3 Å². The maximum atomic E-state index is 13.5. The first-order valence-corrected chi connectivity index (χ1v) is 10.1. The number of phenols is 1. The van der Waals surface area contributed by atoms with Crippen molar-refractivity contribution in [3.63, 3.8) is 0 Å². The second-order valence-electron chi connectivity index (χ2n) is 9.48. The van der Waals surface area contributed by atoms with Crippen molar-refractivity contribution in [3.8, 4) is 17.2 Å². The van der Waals surface area contributed by atoms with Gasteiger partial charge in [0.25, 0.3) is 0 Å². The van der Waals surface area contributed by atoms with E-state index in [2.05, 4.69) is 20.8 Å². The third-order valence-electron chi connectivity index (χ3n) is 7.44. The van der Waals surface area contributed by atoms with Crippen molar-refractivity contribution < 1.29 is 19.4 Å². The van der Waals surface area contributed by atoms with E-state index in [-0.39, 0.29) is 34.2 Å². The largest absolute Gasteiger partial charge is 0.508 e. The highest BCUT2D eigenvalue weighted by molar-refractivity contribution is 5.90. The molecule has 0 heterocycles. The minimum absolute atomic E-state index is 0.000668. The molecule has 0 saturated heterocycles. The standard InChI is InChI=1S/C23H34O4/c1-14-8-9-19-22(2,3)10-7-11-23(19,4)20(21(14)25)15-12-17(26-5)18(27-6)13-16(15)24/h12-14,19-20,24H,7-11H2,1-6H3/t14-,19+,20?,23+/m1/s1. The highest BCUT2D eigenvalue weighted by Gasteiger charge is 2.55. The van der Waals surface area contributed by atoms with Crippen LogP contribution in [0.4, 0.5) is 0 Å². The monoisotopic (exact) mass is 374 g/mol. The van der Waals surface area contributed by atoms with Gasteiger partial charge >= 0.3 is 0 Å². The van der Waals surface area contributed by atoms with Gasteiger partial charge in [-0.3, -0.25) is 4.79 Å². The number of carbonyl (C=O) groups excluding carboxylic acids is 1. The van der Waals surface area contributed by atoms with Crippen molar-refractivity contribution >= 4 is 5.78 Å². The SMILES string of the molecule is COc1cc(O)c(C2C(=O)[C@H](C)CC[C@H]3C(C)(C)CCC[C@]23C)cc1OC. The second kappa shape index (κ2) is 7.03. The fourth-order valence-electron chi connectivity index (χ4n) is 6.02. The van der Waals surface area contributed by atoms with Crippen LogP contribution in [0.15, 0.2) is 12.1 Å². The third-order valence-corrected chi connectivity index (χ3v) is 7.44. The second-order valence-corrected chi connectivity index (χ2v) is 9.48. The Morgan fingerprint density at radius 2 is 1.67 bits per heavy atom. The molecule has 2 saturated carbocycles. The summed E-state index contributed by atoms with van der Waals surface area (Å²) in [4.78, 5) is 13.5. The van der Waals surface area contributed by atoms with Crippen LogP contribution in [0.25, 0.3) is 0 Å². The predicted octanol–water partition coefficient (Wildman–Crippen LogP) is 5.32. The van der Waals surface area contributed by atoms with Crippen molar-refractivity contribution in [3.05, 3.63) is 17.7 Å². The summed E-state index contributed by atoms with van der Waals surface area (Å²) >= 11 is 0. The molecule has 2 aliphatic carbocycles. The molecule has 150 valence electrons. The van der Waals surface area contributed by atoms with Crippen LogP contribution in [0.5, 0.6) is 17.2 Å². The first kappa shape index (κ1) is 20.0. The molecule has 1 unspecified atom stereocenters. The number of fused-ring (bicyclic) bond motifs is 1. The molecule has 0 aromatic heterocycles. The fraction of sp³-hybridized carbons (Fsp3) is 0.696. The topological polar surface area (TPSA) is 55.8 Å². The maximum absolute atomic E-state index is 13.5. The van der Waals surface area contributed by atoms with E-state index in [1.54, 1.807) is 20.3 Å². The number of benzene rings is 1. The Bertz CT molecular complexity index is 723. The Labute approximate surface area is 163 Å². The molecule has 0 aliphatic heterocycles. The number of ketones is 1. The molecule has 0 bridgehead atoms. The van der Waals surface area contributed by atoms with Gasteiger partial charge in [0.2, 0.25) is 0 Å². The van der Waals surface area contributed by atoms with Crippen molar-refractivity contribution in [1.82, 2.24) is 0 Å². The van der Waals surface area contributed by atoms with Crippen molar-refractivity contribution in [2.24, 2.45) is 22.7 Å². The van der Waals surface area contributed by atoms with E-state index >= 15 is 0 Å². The molecule has 0 radical (unpaired) electrons. The highest BCUT2D eigenvalue weighted by Crippen LogP contribution is 2.62. The van der Waals surface area contributed by atoms with Crippen LogP contribution in [0.2, 0.25) is 0 Å². The lowest BCUT2D eigenvalue weighted by atomic mass is 9.51. The fourth-order valence-corrected chi connectivity index (χ4v) is 6.02. The minimum Gasteiger partial charge on any atom is -0.508 e. The van der Waals surface area contributed by atoms with E-state index in [4.69, 9.17) is 9.47 Å². The molecule has 4 heteroatoms. The lowest BCUT2D eigenvalue weighted by molar-refractivity contribution is -0.128. The number of hydrogen-bond acceptors (Lipinski definition) is 4. The number of rotatable bonds is 3. The maximum Gasteiger partial charge on any atom is 0.164 e. The van der Waals surface area contributed by atoms with Gasteiger partial charge in [-0.05, 0) is 48.5 Å². The van der Waals surface area contributed by atoms with E-state index in [0.29, 0.717) is 23.0 Å². The van der Waals surface area contributed by atoms with Crippen LogP contribution in [0, 0.1) is 22.7 Å². The number of ether oxygens (including phenoxy) is 2. The summed E-state index contributed by atoms with van der Waals surface area (Å²) in [6.45, 7) is 9.01. The summed E-state index contributed by atoms with van der Waals surface area (Å²) in [6, 6.07) is 3.40. The van der Waals surface area contributed by atoms with Crippen molar-refractivity contribution in [2.45, 2.75) is 65.7 Å². The van der Waals surface area contributed by atoms with Gasteiger partial charge in [-0.15, -0.1) is 0 Å². The average Bonchev–Trinajstić information content (AvgIpc) is 2.70. The first-order chi connectivity index (χ1) is 12.7. The zero-order chi connectivity index (χ0) is 20.0. The van der Waals surface area contributed by atoms with E-state index in [1.165, 1.54) is 6.42 Å². The number of carbonyl (C=O) groups is 1. The number of phenolic OH excluding ortho intramolecular Hbond substituents is 1. The van der Waals surface area contributed by atoms with Gasteiger partial charge in [-0.25, -0.2) is 0 Å². The predicted molar refractivity (Wildman–Crippen MR) is 107 cm³/mol. The van der Waals surface area contributed by atoms with Gasteiger partial charge < -0.3 is 14.6 Å². The molecule has 4 atom stereocenters. The number of Topliss-reactive ketones (excluding diaryl/α,β-unsaturated/α-hetero) is 1. The van der Waals surface area contributed by atoms with Gasteiger partial charge in [0.15, 0.2) is 11.5 Å². The molecule has 27 heavy (non-hydrogen) atoms. The molecule has 3 rings (SSSR count). The molecular weight excluding hydrogens is 340 g/mol. The van der Waals surface area contributed by atoms with Crippen LogP contribution >= 0.6 is 0 Å². The van der Waals surface area contributed by atoms with E-state index < -0.39 is 0 Å². The minimum atomic E-state index is -0.320. The van der Waals surface area contributed by atoms with Crippen molar-refractivity contribution in [1.29, 1.82) is 0 Å². The summed E-state index contributed by atoms with van der Waals surface area (Å²) in [7, 11) is 3.14. The smallest absolute Gasteiger partial charge is 0.164 e. The molecule has 0 amide bonds. The highest BCUT2D eigenvalue weighted by atomic mass is 16.5. The Balaban J connectivity index is 2.20. The molecule has 2 fully saturated rings. The average molecular weight is 375 g/mol. The van der Waals surface area contributed by atoms with E-state index in [9.17, 15) is 9.90 Å².